The third-order valence-electron chi connectivity index (χ3n) is 2.61. The summed E-state index contributed by atoms with van der Waals surface area (Å²) >= 11 is 0. The first-order valence-corrected chi connectivity index (χ1v) is 5.93. The van der Waals surface area contributed by atoms with Crippen LogP contribution in [-0.4, -0.2) is 30.2 Å². The van der Waals surface area contributed by atoms with Crippen molar-refractivity contribution in [3.8, 4) is 11.5 Å². The van der Waals surface area contributed by atoms with Gasteiger partial charge in [0.15, 0.2) is 11.5 Å². The standard InChI is InChI=1S/C10H12N8O2/c1-2-18-5-6(4-13-18)3-12-10-14-9(17-19-10)7-8(11)16-20-15-7/h4-5H,2-3H2,1H3,(H2,11,16)(H,12,14,17). The van der Waals surface area contributed by atoms with Crippen LogP contribution in [0.3, 0.4) is 0 Å². The maximum Gasteiger partial charge on any atom is 0.322 e. The normalized spacial score (nSPS) is 10.8. The molecular weight excluding hydrogens is 264 g/mol. The molecule has 0 fully saturated rings. The van der Waals surface area contributed by atoms with Gasteiger partial charge in [0, 0.05) is 24.8 Å². The van der Waals surface area contributed by atoms with Crippen LogP contribution in [0.5, 0.6) is 0 Å². The zero-order chi connectivity index (χ0) is 13.9. The van der Waals surface area contributed by atoms with Crippen LogP contribution in [-0.2, 0) is 13.1 Å². The van der Waals surface area contributed by atoms with Gasteiger partial charge >= 0.3 is 6.01 Å². The Morgan fingerprint density at radius 3 is 2.95 bits per heavy atom. The molecule has 0 amide bonds. The summed E-state index contributed by atoms with van der Waals surface area (Å²) < 4.78 is 11.3. The molecule has 10 nitrogen and oxygen atoms in total. The number of nitrogens with zero attached hydrogens (tertiary/aromatic N) is 6. The van der Waals surface area contributed by atoms with Gasteiger partial charge < -0.3 is 15.6 Å². The fraction of sp³-hybridized carbons (Fsp3) is 0.300. The number of hydrogen-bond acceptors (Lipinski definition) is 9. The summed E-state index contributed by atoms with van der Waals surface area (Å²) in [4.78, 5) is 4.10. The number of rotatable bonds is 5. The van der Waals surface area contributed by atoms with Crippen LogP contribution in [0.25, 0.3) is 11.5 Å². The zero-order valence-corrected chi connectivity index (χ0v) is 10.6. The van der Waals surface area contributed by atoms with E-state index in [9.17, 15) is 0 Å². The van der Waals surface area contributed by atoms with Gasteiger partial charge in [-0.25, -0.2) is 4.63 Å². The van der Waals surface area contributed by atoms with Gasteiger partial charge in [-0.2, -0.15) is 10.1 Å². The molecule has 10 heteroatoms. The number of nitrogen functional groups attached to an aromatic ring is 1. The highest BCUT2D eigenvalue weighted by Gasteiger charge is 2.16. The largest absolute Gasteiger partial charge is 0.379 e. The topological polar surface area (TPSA) is 134 Å². The van der Waals surface area contributed by atoms with Crippen LogP contribution in [0.2, 0.25) is 0 Å². The number of hydrogen-bond donors (Lipinski definition) is 2. The number of nitrogens with two attached hydrogens (primary N) is 1. The molecule has 0 aromatic carbocycles. The molecule has 3 N–H and O–H groups in total. The van der Waals surface area contributed by atoms with Gasteiger partial charge in [0.05, 0.1) is 6.20 Å². The lowest BCUT2D eigenvalue weighted by molar-refractivity contribution is 0.310. The first-order valence-electron chi connectivity index (χ1n) is 5.93. The summed E-state index contributed by atoms with van der Waals surface area (Å²) in [5.74, 6) is 0.331. The van der Waals surface area contributed by atoms with Crippen molar-refractivity contribution in [1.82, 2.24) is 30.2 Å². The maximum absolute atomic E-state index is 5.54. The highest BCUT2D eigenvalue weighted by Crippen LogP contribution is 2.20. The molecule has 3 aromatic rings. The first-order chi connectivity index (χ1) is 9.76. The summed E-state index contributed by atoms with van der Waals surface area (Å²) in [5, 5.41) is 17.9. The summed E-state index contributed by atoms with van der Waals surface area (Å²) in [6, 6.07) is 0.256. The van der Waals surface area contributed by atoms with Gasteiger partial charge in [0.25, 0.3) is 0 Å². The van der Waals surface area contributed by atoms with Crippen LogP contribution >= 0.6 is 0 Å². The minimum atomic E-state index is 0.113. The van der Waals surface area contributed by atoms with Crippen LogP contribution in [0.4, 0.5) is 11.8 Å². The van der Waals surface area contributed by atoms with Crippen molar-refractivity contribution in [3.05, 3.63) is 18.0 Å². The van der Waals surface area contributed by atoms with E-state index >= 15 is 0 Å². The molecule has 0 atom stereocenters. The molecule has 104 valence electrons. The van der Waals surface area contributed by atoms with E-state index < -0.39 is 0 Å². The van der Waals surface area contributed by atoms with E-state index in [4.69, 9.17) is 10.3 Å². The number of nitrogens with one attached hydrogen (secondary N) is 1. The smallest absolute Gasteiger partial charge is 0.322 e. The van der Waals surface area contributed by atoms with Crippen molar-refractivity contribution < 1.29 is 9.15 Å². The first kappa shape index (κ1) is 12.1. The molecule has 0 aliphatic heterocycles. The molecule has 0 saturated heterocycles. The highest BCUT2D eigenvalue weighted by molar-refractivity contribution is 5.62. The number of aryl methyl sites for hydroxylation is 1. The van der Waals surface area contributed by atoms with Crippen LogP contribution < -0.4 is 11.1 Å². The van der Waals surface area contributed by atoms with Crippen LogP contribution in [0, 0.1) is 0 Å². The lowest BCUT2D eigenvalue weighted by Crippen LogP contribution is -1.99. The summed E-state index contributed by atoms with van der Waals surface area (Å²) in [5.41, 5.74) is 6.80. The summed E-state index contributed by atoms with van der Waals surface area (Å²) in [6.45, 7) is 3.36. The van der Waals surface area contributed by atoms with Crippen LogP contribution in [0.15, 0.2) is 21.5 Å². The van der Waals surface area contributed by atoms with E-state index in [-0.39, 0.29) is 23.4 Å². The second kappa shape index (κ2) is 4.99. The molecule has 3 rings (SSSR count). The second-order valence-electron chi connectivity index (χ2n) is 3.98. The van der Waals surface area contributed by atoms with Gasteiger partial charge in [-0.15, -0.1) is 0 Å². The van der Waals surface area contributed by atoms with Gasteiger partial charge in [0.1, 0.15) is 0 Å². The van der Waals surface area contributed by atoms with Gasteiger partial charge in [-0.3, -0.25) is 4.68 Å². The summed E-state index contributed by atoms with van der Waals surface area (Å²) in [6.07, 6.45) is 3.71. The van der Waals surface area contributed by atoms with Crippen molar-refractivity contribution in [2.24, 2.45) is 0 Å². The van der Waals surface area contributed by atoms with E-state index in [1.54, 1.807) is 6.20 Å². The SMILES string of the molecule is CCn1cc(CNc2nc(-c3nonc3N)no2)cn1. The second-order valence-corrected chi connectivity index (χ2v) is 3.98. The molecule has 0 spiro atoms. The Morgan fingerprint density at radius 2 is 2.25 bits per heavy atom. The van der Waals surface area contributed by atoms with Gasteiger partial charge in [-0.1, -0.05) is 5.16 Å². The lowest BCUT2D eigenvalue weighted by atomic mass is 10.4. The molecule has 0 aliphatic rings. The fourth-order valence-electron chi connectivity index (χ4n) is 1.59. The van der Waals surface area contributed by atoms with Crippen molar-refractivity contribution in [2.45, 2.75) is 20.0 Å². The third kappa shape index (κ3) is 2.30. The van der Waals surface area contributed by atoms with Crippen molar-refractivity contribution in [1.29, 1.82) is 0 Å². The van der Waals surface area contributed by atoms with Crippen molar-refractivity contribution in [2.75, 3.05) is 11.1 Å². The molecule has 0 saturated carbocycles. The monoisotopic (exact) mass is 276 g/mol. The molecule has 0 aliphatic carbocycles. The minimum Gasteiger partial charge on any atom is -0.379 e. The Labute approximate surface area is 112 Å². The van der Waals surface area contributed by atoms with Crippen LogP contribution in [0.1, 0.15) is 12.5 Å². The quantitative estimate of drug-likeness (QED) is 0.684. The fourth-order valence-corrected chi connectivity index (χ4v) is 1.59. The third-order valence-corrected chi connectivity index (χ3v) is 2.61. The average molecular weight is 276 g/mol. The number of anilines is 2. The Bertz CT molecular complexity index is 700. The predicted molar refractivity (Wildman–Crippen MR) is 67.2 cm³/mol. The molecule has 0 bridgehead atoms. The van der Waals surface area contributed by atoms with Crippen molar-refractivity contribution >= 4 is 11.8 Å². The van der Waals surface area contributed by atoms with E-state index in [1.807, 2.05) is 17.8 Å². The van der Waals surface area contributed by atoms with E-state index in [0.29, 0.717) is 6.54 Å². The predicted octanol–water partition coefficient (Wildman–Crippen LogP) is 0.530. The molecule has 3 heterocycles. The molecule has 20 heavy (non-hydrogen) atoms. The van der Waals surface area contributed by atoms with Crippen molar-refractivity contribution in [3.63, 3.8) is 0 Å². The lowest BCUT2D eigenvalue weighted by Gasteiger charge is -1.96. The van der Waals surface area contributed by atoms with Gasteiger partial charge in [0.2, 0.25) is 5.82 Å². The molecular formula is C10H12N8O2. The molecule has 0 radical (unpaired) electrons. The molecule has 3 aromatic heterocycles. The Morgan fingerprint density at radius 1 is 1.35 bits per heavy atom. The maximum atomic E-state index is 5.54. The molecule has 0 unspecified atom stereocenters. The summed E-state index contributed by atoms with van der Waals surface area (Å²) in [7, 11) is 0. The van der Waals surface area contributed by atoms with Gasteiger partial charge in [-0.05, 0) is 17.2 Å². The van der Waals surface area contributed by atoms with E-state index in [0.717, 1.165) is 12.1 Å². The number of aromatic nitrogens is 6. The Balaban J connectivity index is 1.67. The van der Waals surface area contributed by atoms with E-state index in [1.165, 1.54) is 0 Å². The highest BCUT2D eigenvalue weighted by atomic mass is 16.6. The average Bonchev–Trinajstić information content (AvgIpc) is 3.16. The minimum absolute atomic E-state index is 0.113. The Kier molecular flexibility index (Phi) is 3.03. The zero-order valence-electron chi connectivity index (χ0n) is 10.6. The Hall–Kier alpha value is -2.91. The van der Waals surface area contributed by atoms with E-state index in [2.05, 4.69) is 35.5 Å².